The van der Waals surface area contributed by atoms with Crippen molar-refractivity contribution in [3.05, 3.63) is 48.5 Å². The Morgan fingerprint density at radius 2 is 2.05 bits per heavy atom. The average molecular weight is 289 g/mol. The van der Waals surface area contributed by atoms with Crippen LogP contribution in [0, 0.1) is 5.92 Å². The quantitative estimate of drug-likeness (QED) is 0.755. The summed E-state index contributed by atoms with van der Waals surface area (Å²) in [5.74, 6) is 2.86. The average Bonchev–Trinajstić information content (AvgIpc) is 2.87. The van der Waals surface area contributed by atoms with E-state index >= 15 is 0 Å². The van der Waals surface area contributed by atoms with E-state index < -0.39 is 0 Å². The highest BCUT2D eigenvalue weighted by Gasteiger charge is 2.03. The molecule has 1 N–H and O–H groups in total. The number of aromatic nitrogens is 2. The normalized spacial score (nSPS) is 11.2. The van der Waals surface area contributed by atoms with Crippen molar-refractivity contribution in [2.24, 2.45) is 5.92 Å². The van der Waals surface area contributed by atoms with Gasteiger partial charge in [0.2, 0.25) is 0 Å². The number of aryl methyl sites for hydroxylation is 1. The molecule has 0 atom stereocenters. The number of imidazole rings is 1. The molecular weight excluding hydrogens is 266 g/mol. The molecule has 0 saturated carbocycles. The van der Waals surface area contributed by atoms with E-state index in [9.17, 15) is 0 Å². The Kier molecular flexibility index (Phi) is 6.15. The van der Waals surface area contributed by atoms with Gasteiger partial charge in [-0.25, -0.2) is 4.98 Å². The maximum Gasteiger partial charge on any atom is 0.122 e. The molecule has 0 amide bonds. The molecule has 0 spiro atoms. The van der Waals surface area contributed by atoms with Crippen molar-refractivity contribution in [2.45, 2.75) is 31.8 Å². The first-order valence-corrected chi connectivity index (χ1v) is 8.13. The van der Waals surface area contributed by atoms with Crippen LogP contribution in [0.3, 0.4) is 0 Å². The van der Waals surface area contributed by atoms with Crippen molar-refractivity contribution < 1.29 is 0 Å². The molecule has 0 unspecified atom stereocenters. The number of benzene rings is 1. The van der Waals surface area contributed by atoms with Crippen molar-refractivity contribution in [1.29, 1.82) is 0 Å². The zero-order chi connectivity index (χ0) is 14.2. The van der Waals surface area contributed by atoms with E-state index in [0.29, 0.717) is 5.92 Å². The summed E-state index contributed by atoms with van der Waals surface area (Å²) >= 11 is 1.89. The number of hydrogen-bond donors (Lipinski definition) is 1. The highest BCUT2D eigenvalue weighted by atomic mass is 32.2. The van der Waals surface area contributed by atoms with Crippen LogP contribution in [0.5, 0.6) is 0 Å². The number of nitrogens with one attached hydrogen (secondary N) is 1. The topological polar surface area (TPSA) is 29.9 Å². The van der Waals surface area contributed by atoms with Gasteiger partial charge in [0.05, 0.1) is 6.54 Å². The molecule has 0 fully saturated rings. The zero-order valence-corrected chi connectivity index (χ0v) is 13.1. The summed E-state index contributed by atoms with van der Waals surface area (Å²) in [6.07, 6.45) is 3.96. The van der Waals surface area contributed by atoms with Gasteiger partial charge in [-0.15, -0.1) is 11.8 Å². The lowest BCUT2D eigenvalue weighted by atomic mass is 10.2. The van der Waals surface area contributed by atoms with Crippen molar-refractivity contribution >= 4 is 11.8 Å². The third-order valence-corrected chi connectivity index (χ3v) is 3.97. The molecule has 0 bridgehead atoms. The van der Waals surface area contributed by atoms with Crippen LogP contribution in [0.25, 0.3) is 0 Å². The van der Waals surface area contributed by atoms with E-state index in [0.717, 1.165) is 31.2 Å². The SMILES string of the molecule is CC(C)CNCc1nccn1CCSc1ccccc1. The van der Waals surface area contributed by atoms with E-state index in [2.05, 4.69) is 65.2 Å². The molecule has 4 heteroatoms. The van der Waals surface area contributed by atoms with E-state index in [-0.39, 0.29) is 0 Å². The first-order chi connectivity index (χ1) is 9.75. The van der Waals surface area contributed by atoms with Gasteiger partial charge in [0, 0.05) is 29.6 Å². The van der Waals surface area contributed by atoms with Gasteiger partial charge in [-0.2, -0.15) is 0 Å². The van der Waals surface area contributed by atoms with Crippen LogP contribution < -0.4 is 5.32 Å². The Labute approximate surface area is 125 Å². The van der Waals surface area contributed by atoms with E-state index in [1.165, 1.54) is 4.90 Å². The highest BCUT2D eigenvalue weighted by Crippen LogP contribution is 2.17. The van der Waals surface area contributed by atoms with Gasteiger partial charge in [0.25, 0.3) is 0 Å². The van der Waals surface area contributed by atoms with Gasteiger partial charge >= 0.3 is 0 Å². The first-order valence-electron chi connectivity index (χ1n) is 7.14. The summed E-state index contributed by atoms with van der Waals surface area (Å²) in [6.45, 7) is 7.32. The fraction of sp³-hybridized carbons (Fsp3) is 0.438. The second-order valence-corrected chi connectivity index (χ2v) is 6.39. The molecule has 3 nitrogen and oxygen atoms in total. The minimum atomic E-state index is 0.673. The van der Waals surface area contributed by atoms with Gasteiger partial charge in [0.15, 0.2) is 0 Å². The standard InChI is InChI=1S/C16H23N3S/c1-14(2)12-17-13-16-18-8-9-19(16)10-11-20-15-6-4-3-5-7-15/h3-9,14,17H,10-13H2,1-2H3. The lowest BCUT2D eigenvalue weighted by Crippen LogP contribution is -2.21. The molecule has 0 radical (unpaired) electrons. The maximum absolute atomic E-state index is 4.43. The predicted octanol–water partition coefficient (Wildman–Crippen LogP) is 3.42. The summed E-state index contributed by atoms with van der Waals surface area (Å²) in [6, 6.07) is 10.5. The van der Waals surface area contributed by atoms with Crippen LogP contribution in [0.15, 0.2) is 47.6 Å². The molecule has 0 aliphatic carbocycles. The van der Waals surface area contributed by atoms with Gasteiger partial charge in [-0.3, -0.25) is 0 Å². The molecule has 108 valence electrons. The molecular formula is C16H23N3S. The Morgan fingerprint density at radius 3 is 2.80 bits per heavy atom. The number of nitrogens with zero attached hydrogens (tertiary/aromatic N) is 2. The van der Waals surface area contributed by atoms with Gasteiger partial charge < -0.3 is 9.88 Å². The van der Waals surface area contributed by atoms with Crippen molar-refractivity contribution in [3.63, 3.8) is 0 Å². The molecule has 20 heavy (non-hydrogen) atoms. The Morgan fingerprint density at radius 1 is 1.25 bits per heavy atom. The molecule has 0 saturated heterocycles. The smallest absolute Gasteiger partial charge is 0.122 e. The monoisotopic (exact) mass is 289 g/mol. The van der Waals surface area contributed by atoms with Crippen molar-refractivity contribution in [2.75, 3.05) is 12.3 Å². The van der Waals surface area contributed by atoms with E-state index in [1.807, 2.05) is 18.0 Å². The Bertz CT molecular complexity index is 493. The Hall–Kier alpha value is -1.26. The maximum atomic E-state index is 4.43. The number of hydrogen-bond acceptors (Lipinski definition) is 3. The van der Waals surface area contributed by atoms with Crippen LogP contribution in [0.2, 0.25) is 0 Å². The lowest BCUT2D eigenvalue weighted by molar-refractivity contribution is 0.531. The van der Waals surface area contributed by atoms with Gasteiger partial charge in [-0.05, 0) is 24.6 Å². The minimum absolute atomic E-state index is 0.673. The van der Waals surface area contributed by atoms with Gasteiger partial charge in [0.1, 0.15) is 5.82 Å². The molecule has 0 aliphatic rings. The minimum Gasteiger partial charge on any atom is -0.333 e. The van der Waals surface area contributed by atoms with E-state index in [1.54, 1.807) is 0 Å². The predicted molar refractivity (Wildman–Crippen MR) is 85.9 cm³/mol. The molecule has 2 rings (SSSR count). The van der Waals surface area contributed by atoms with Crippen LogP contribution in [0.1, 0.15) is 19.7 Å². The summed E-state index contributed by atoms with van der Waals surface area (Å²) in [4.78, 5) is 5.76. The molecule has 1 aromatic carbocycles. The fourth-order valence-corrected chi connectivity index (χ4v) is 2.84. The molecule has 0 aliphatic heterocycles. The van der Waals surface area contributed by atoms with Crippen molar-refractivity contribution in [1.82, 2.24) is 14.9 Å². The number of rotatable bonds is 8. The Balaban J connectivity index is 1.77. The summed E-state index contributed by atoms with van der Waals surface area (Å²) in [5, 5.41) is 3.45. The third-order valence-electron chi connectivity index (χ3n) is 2.98. The van der Waals surface area contributed by atoms with Crippen LogP contribution in [-0.4, -0.2) is 21.8 Å². The summed E-state index contributed by atoms with van der Waals surface area (Å²) in [5.41, 5.74) is 0. The zero-order valence-electron chi connectivity index (χ0n) is 12.2. The second kappa shape index (κ2) is 8.12. The second-order valence-electron chi connectivity index (χ2n) is 5.22. The van der Waals surface area contributed by atoms with Crippen LogP contribution in [-0.2, 0) is 13.1 Å². The number of thioether (sulfide) groups is 1. The van der Waals surface area contributed by atoms with E-state index in [4.69, 9.17) is 0 Å². The fourth-order valence-electron chi connectivity index (χ4n) is 1.96. The van der Waals surface area contributed by atoms with Crippen molar-refractivity contribution in [3.8, 4) is 0 Å². The van der Waals surface area contributed by atoms with Crippen LogP contribution >= 0.6 is 11.8 Å². The first kappa shape index (κ1) is 15.1. The molecule has 1 aromatic heterocycles. The van der Waals surface area contributed by atoms with Gasteiger partial charge in [-0.1, -0.05) is 32.0 Å². The lowest BCUT2D eigenvalue weighted by Gasteiger charge is -2.10. The molecule has 2 aromatic rings. The highest BCUT2D eigenvalue weighted by molar-refractivity contribution is 7.99. The summed E-state index contributed by atoms with van der Waals surface area (Å²) in [7, 11) is 0. The third kappa shape index (κ3) is 5.02. The largest absolute Gasteiger partial charge is 0.333 e. The van der Waals surface area contributed by atoms with Crippen LogP contribution in [0.4, 0.5) is 0 Å². The molecule has 1 heterocycles. The summed E-state index contributed by atoms with van der Waals surface area (Å²) < 4.78 is 2.24.